The van der Waals surface area contributed by atoms with Crippen LogP contribution in [-0.2, 0) is 6.54 Å². The van der Waals surface area contributed by atoms with E-state index in [0.717, 1.165) is 17.8 Å². The molecule has 0 saturated heterocycles. The summed E-state index contributed by atoms with van der Waals surface area (Å²) in [4.78, 5) is 8.62. The van der Waals surface area contributed by atoms with Crippen LogP contribution in [0.5, 0.6) is 11.8 Å². The number of halogens is 1. The summed E-state index contributed by atoms with van der Waals surface area (Å²) in [6.45, 7) is 2.77. The Kier molecular flexibility index (Phi) is 3.85. The van der Waals surface area contributed by atoms with Crippen molar-refractivity contribution in [2.75, 3.05) is 0 Å². The molecule has 0 amide bonds. The zero-order valence-corrected chi connectivity index (χ0v) is 12.0. The number of aryl methyl sites for hydroxylation is 1. The van der Waals surface area contributed by atoms with Crippen molar-refractivity contribution in [3.8, 4) is 11.8 Å². The van der Waals surface area contributed by atoms with Gasteiger partial charge in [0, 0.05) is 30.0 Å². The standard InChI is InChI=1S/C15H16ClN3O/c1-10-11(8-17-12-6-7-12)9-18-15(19-10)20-14-5-3-2-4-13(14)16/h2-5,9,12,17H,6-8H2,1H3. The van der Waals surface area contributed by atoms with Crippen LogP contribution in [-0.4, -0.2) is 16.0 Å². The van der Waals surface area contributed by atoms with Crippen molar-refractivity contribution in [3.63, 3.8) is 0 Å². The zero-order chi connectivity index (χ0) is 13.9. The van der Waals surface area contributed by atoms with Crippen molar-refractivity contribution in [2.24, 2.45) is 0 Å². The molecule has 3 rings (SSSR count). The topological polar surface area (TPSA) is 47.0 Å². The van der Waals surface area contributed by atoms with Crippen LogP contribution in [0.4, 0.5) is 0 Å². The fraction of sp³-hybridized carbons (Fsp3) is 0.333. The second kappa shape index (κ2) is 5.77. The summed E-state index contributed by atoms with van der Waals surface area (Å²) in [5.41, 5.74) is 2.03. The fourth-order valence-corrected chi connectivity index (χ4v) is 2.04. The molecule has 1 aliphatic carbocycles. The molecule has 104 valence electrons. The summed E-state index contributed by atoms with van der Waals surface area (Å²) in [5, 5.41) is 4.00. The van der Waals surface area contributed by atoms with Gasteiger partial charge in [-0.2, -0.15) is 4.98 Å². The molecule has 2 aromatic rings. The highest BCUT2D eigenvalue weighted by atomic mass is 35.5. The van der Waals surface area contributed by atoms with Crippen LogP contribution in [0.25, 0.3) is 0 Å². The normalized spacial score (nSPS) is 14.3. The molecular formula is C15H16ClN3O. The van der Waals surface area contributed by atoms with Gasteiger partial charge >= 0.3 is 6.01 Å². The van der Waals surface area contributed by atoms with Crippen molar-refractivity contribution >= 4 is 11.6 Å². The zero-order valence-electron chi connectivity index (χ0n) is 11.3. The number of hydrogen-bond acceptors (Lipinski definition) is 4. The van der Waals surface area contributed by atoms with E-state index in [4.69, 9.17) is 16.3 Å². The van der Waals surface area contributed by atoms with E-state index in [1.165, 1.54) is 12.8 Å². The van der Waals surface area contributed by atoms with Crippen LogP contribution in [0.2, 0.25) is 5.02 Å². The molecule has 1 N–H and O–H groups in total. The lowest BCUT2D eigenvalue weighted by molar-refractivity contribution is 0.439. The predicted octanol–water partition coefficient (Wildman–Crippen LogP) is 3.48. The Labute approximate surface area is 123 Å². The Hall–Kier alpha value is -1.65. The molecule has 5 heteroatoms. The molecule has 1 heterocycles. The largest absolute Gasteiger partial charge is 0.423 e. The molecule has 20 heavy (non-hydrogen) atoms. The summed E-state index contributed by atoms with van der Waals surface area (Å²) in [6, 6.07) is 8.29. The second-order valence-electron chi connectivity index (χ2n) is 4.95. The van der Waals surface area contributed by atoms with Crippen molar-refractivity contribution in [2.45, 2.75) is 32.4 Å². The van der Waals surface area contributed by atoms with Gasteiger partial charge in [-0.1, -0.05) is 23.7 Å². The van der Waals surface area contributed by atoms with Gasteiger partial charge in [0.05, 0.1) is 5.02 Å². The van der Waals surface area contributed by atoms with Crippen molar-refractivity contribution < 1.29 is 4.74 Å². The first-order valence-corrected chi connectivity index (χ1v) is 7.08. The van der Waals surface area contributed by atoms with Gasteiger partial charge in [0.1, 0.15) is 5.75 Å². The number of nitrogens with one attached hydrogen (secondary N) is 1. The molecule has 1 aromatic heterocycles. The number of para-hydroxylation sites is 1. The molecule has 0 spiro atoms. The van der Waals surface area contributed by atoms with Crippen LogP contribution < -0.4 is 10.1 Å². The highest BCUT2D eigenvalue weighted by Crippen LogP contribution is 2.27. The van der Waals surface area contributed by atoms with Gasteiger partial charge in [-0.3, -0.25) is 0 Å². The Morgan fingerprint density at radius 3 is 2.85 bits per heavy atom. The number of nitrogens with zero attached hydrogens (tertiary/aromatic N) is 2. The summed E-state index contributed by atoms with van der Waals surface area (Å²) in [6.07, 6.45) is 4.35. The van der Waals surface area contributed by atoms with E-state index in [-0.39, 0.29) is 0 Å². The van der Waals surface area contributed by atoms with E-state index >= 15 is 0 Å². The number of rotatable bonds is 5. The monoisotopic (exact) mass is 289 g/mol. The smallest absolute Gasteiger partial charge is 0.322 e. The number of hydrogen-bond donors (Lipinski definition) is 1. The first-order valence-electron chi connectivity index (χ1n) is 6.70. The molecular weight excluding hydrogens is 274 g/mol. The van der Waals surface area contributed by atoms with E-state index in [1.807, 2.05) is 25.3 Å². The SMILES string of the molecule is Cc1nc(Oc2ccccc2Cl)ncc1CNC1CC1. The highest BCUT2D eigenvalue weighted by Gasteiger charge is 2.20. The molecule has 1 fully saturated rings. The van der Waals surface area contributed by atoms with E-state index in [9.17, 15) is 0 Å². The van der Waals surface area contributed by atoms with Gasteiger partial charge in [-0.15, -0.1) is 0 Å². The summed E-state index contributed by atoms with van der Waals surface area (Å²) in [5.74, 6) is 0.567. The number of benzene rings is 1. The van der Waals surface area contributed by atoms with E-state index in [0.29, 0.717) is 22.8 Å². The van der Waals surface area contributed by atoms with Crippen molar-refractivity contribution in [1.82, 2.24) is 15.3 Å². The Morgan fingerprint density at radius 2 is 2.15 bits per heavy atom. The Bertz CT molecular complexity index is 614. The third kappa shape index (κ3) is 3.26. The van der Waals surface area contributed by atoms with Gasteiger partial charge in [-0.25, -0.2) is 4.98 Å². The van der Waals surface area contributed by atoms with Crippen LogP contribution in [0.3, 0.4) is 0 Å². The number of ether oxygens (including phenoxy) is 1. The lowest BCUT2D eigenvalue weighted by Crippen LogP contribution is -2.16. The minimum absolute atomic E-state index is 0.325. The Morgan fingerprint density at radius 1 is 1.35 bits per heavy atom. The summed E-state index contributed by atoms with van der Waals surface area (Å²) < 4.78 is 5.61. The van der Waals surface area contributed by atoms with Crippen LogP contribution in [0.1, 0.15) is 24.1 Å². The maximum absolute atomic E-state index is 6.05. The van der Waals surface area contributed by atoms with Crippen molar-refractivity contribution in [3.05, 3.63) is 46.7 Å². The van der Waals surface area contributed by atoms with E-state index in [1.54, 1.807) is 12.1 Å². The third-order valence-electron chi connectivity index (χ3n) is 3.26. The van der Waals surface area contributed by atoms with Crippen molar-refractivity contribution in [1.29, 1.82) is 0 Å². The highest BCUT2D eigenvalue weighted by molar-refractivity contribution is 6.32. The van der Waals surface area contributed by atoms with Crippen LogP contribution >= 0.6 is 11.6 Å². The molecule has 1 aromatic carbocycles. The minimum Gasteiger partial charge on any atom is -0.423 e. The molecule has 1 saturated carbocycles. The Balaban J connectivity index is 1.71. The van der Waals surface area contributed by atoms with E-state index in [2.05, 4.69) is 15.3 Å². The molecule has 0 aliphatic heterocycles. The average Bonchev–Trinajstić information content (AvgIpc) is 3.25. The first kappa shape index (κ1) is 13.3. The number of aromatic nitrogens is 2. The van der Waals surface area contributed by atoms with E-state index < -0.39 is 0 Å². The lowest BCUT2D eigenvalue weighted by Gasteiger charge is -2.09. The lowest BCUT2D eigenvalue weighted by atomic mass is 10.2. The third-order valence-corrected chi connectivity index (χ3v) is 3.57. The molecule has 1 aliphatic rings. The maximum atomic E-state index is 6.05. The average molecular weight is 290 g/mol. The summed E-state index contributed by atoms with van der Waals surface area (Å²) >= 11 is 6.05. The van der Waals surface area contributed by atoms with Crippen LogP contribution in [0, 0.1) is 6.92 Å². The predicted molar refractivity (Wildman–Crippen MR) is 78.2 cm³/mol. The van der Waals surface area contributed by atoms with Gasteiger partial charge < -0.3 is 10.1 Å². The van der Waals surface area contributed by atoms with Crippen LogP contribution in [0.15, 0.2) is 30.5 Å². The molecule has 0 atom stereocenters. The van der Waals surface area contributed by atoms with Gasteiger partial charge in [0.15, 0.2) is 0 Å². The quantitative estimate of drug-likeness (QED) is 0.915. The maximum Gasteiger partial charge on any atom is 0.322 e. The fourth-order valence-electron chi connectivity index (χ4n) is 1.86. The molecule has 0 radical (unpaired) electrons. The summed E-state index contributed by atoms with van der Waals surface area (Å²) in [7, 11) is 0. The van der Waals surface area contributed by atoms with Gasteiger partial charge in [-0.05, 0) is 31.9 Å². The molecule has 0 bridgehead atoms. The first-order chi connectivity index (χ1) is 9.72. The molecule has 4 nitrogen and oxygen atoms in total. The van der Waals surface area contributed by atoms with Gasteiger partial charge in [0.2, 0.25) is 0 Å². The minimum atomic E-state index is 0.325. The molecule has 0 unspecified atom stereocenters. The second-order valence-corrected chi connectivity index (χ2v) is 5.36. The van der Waals surface area contributed by atoms with Gasteiger partial charge in [0.25, 0.3) is 0 Å².